The zero-order valence-electron chi connectivity index (χ0n) is 24.6. The van der Waals surface area contributed by atoms with Crippen molar-refractivity contribution in [2.75, 3.05) is 0 Å². The number of pyridine rings is 2. The Balaban J connectivity index is 1.30. The van der Waals surface area contributed by atoms with Crippen LogP contribution in [-0.2, 0) is 0 Å². The number of hydrogen-bond acceptors (Lipinski definition) is 7. The molecule has 0 N–H and O–H groups in total. The highest BCUT2D eigenvalue weighted by atomic mass is 15.1. The summed E-state index contributed by atoms with van der Waals surface area (Å²) >= 11 is 0. The maximum absolute atomic E-state index is 4.99. The predicted molar refractivity (Wildman–Crippen MR) is 181 cm³/mol. The SMILES string of the molecule is c1ccc(-c2nc(-c3ccc(-c4ccccn4)nc3)cc(-c3nc(-c4ccccc4)nc(-c4ccc5ccccc5c4)n3)n2)cc1. The molecule has 216 valence electrons. The zero-order chi connectivity index (χ0) is 30.7. The fraction of sp³-hybridized carbons (Fsp3) is 0. The third-order valence-electron chi connectivity index (χ3n) is 7.65. The Morgan fingerprint density at radius 2 is 0.891 bits per heavy atom. The molecule has 0 radical (unpaired) electrons. The highest BCUT2D eigenvalue weighted by molar-refractivity contribution is 5.86. The smallest absolute Gasteiger partial charge is 0.182 e. The Kier molecular flexibility index (Phi) is 7.01. The van der Waals surface area contributed by atoms with Gasteiger partial charge in [-0.05, 0) is 47.2 Å². The van der Waals surface area contributed by atoms with Crippen molar-refractivity contribution in [1.29, 1.82) is 0 Å². The summed E-state index contributed by atoms with van der Waals surface area (Å²) in [5, 5.41) is 2.26. The molecule has 8 aromatic rings. The standard InChI is InChI=1S/C39H25N7/c1-3-12-27(13-4-1)36-42-34(31-20-21-33(41-25-31)32-17-9-10-22-40-32)24-35(43-36)39-45-37(28-14-5-2-6-15-28)44-38(46-39)30-19-18-26-11-7-8-16-29(26)23-30/h1-25H. The van der Waals surface area contributed by atoms with Crippen molar-refractivity contribution < 1.29 is 0 Å². The summed E-state index contributed by atoms with van der Waals surface area (Å²) < 4.78 is 0. The molecule has 0 aliphatic carbocycles. The van der Waals surface area contributed by atoms with E-state index in [-0.39, 0.29) is 0 Å². The van der Waals surface area contributed by atoms with Crippen molar-refractivity contribution in [2.45, 2.75) is 0 Å². The molecule has 4 aromatic carbocycles. The second-order valence-corrected chi connectivity index (χ2v) is 10.7. The van der Waals surface area contributed by atoms with Crippen LogP contribution in [0.25, 0.3) is 79.1 Å². The van der Waals surface area contributed by atoms with Crippen LogP contribution in [0.15, 0.2) is 152 Å². The summed E-state index contributed by atoms with van der Waals surface area (Å²) in [6, 6.07) is 46.0. The van der Waals surface area contributed by atoms with Crippen LogP contribution in [0.4, 0.5) is 0 Å². The lowest BCUT2D eigenvalue weighted by Gasteiger charge is -2.11. The average Bonchev–Trinajstić information content (AvgIpc) is 3.15. The van der Waals surface area contributed by atoms with Crippen molar-refractivity contribution in [2.24, 2.45) is 0 Å². The van der Waals surface area contributed by atoms with Crippen LogP contribution in [0.5, 0.6) is 0 Å². The van der Waals surface area contributed by atoms with Gasteiger partial charge in [-0.3, -0.25) is 9.97 Å². The summed E-state index contributed by atoms with van der Waals surface area (Å²) in [7, 11) is 0. The molecule has 0 unspecified atom stereocenters. The minimum Gasteiger partial charge on any atom is -0.255 e. The molecule has 0 spiro atoms. The maximum Gasteiger partial charge on any atom is 0.182 e. The Bertz CT molecular complexity index is 2290. The van der Waals surface area contributed by atoms with Gasteiger partial charge in [0.2, 0.25) is 0 Å². The molecule has 0 saturated carbocycles. The molecule has 0 atom stereocenters. The first-order chi connectivity index (χ1) is 22.8. The van der Waals surface area contributed by atoms with E-state index in [1.54, 1.807) is 6.20 Å². The minimum atomic E-state index is 0.455. The number of aromatic nitrogens is 7. The van der Waals surface area contributed by atoms with E-state index in [0.717, 1.165) is 44.4 Å². The normalized spacial score (nSPS) is 11.0. The fourth-order valence-electron chi connectivity index (χ4n) is 5.30. The van der Waals surface area contributed by atoms with Gasteiger partial charge < -0.3 is 0 Å². The molecular formula is C39H25N7. The molecule has 7 nitrogen and oxygen atoms in total. The van der Waals surface area contributed by atoms with E-state index in [4.69, 9.17) is 29.9 Å². The largest absolute Gasteiger partial charge is 0.255 e. The van der Waals surface area contributed by atoms with Crippen molar-refractivity contribution in [1.82, 2.24) is 34.9 Å². The highest BCUT2D eigenvalue weighted by Crippen LogP contribution is 2.30. The first kappa shape index (κ1) is 27.1. The molecule has 0 bridgehead atoms. The van der Waals surface area contributed by atoms with Gasteiger partial charge in [0.25, 0.3) is 0 Å². The Morgan fingerprint density at radius 1 is 0.304 bits per heavy atom. The van der Waals surface area contributed by atoms with E-state index >= 15 is 0 Å². The van der Waals surface area contributed by atoms with Crippen molar-refractivity contribution >= 4 is 10.8 Å². The van der Waals surface area contributed by atoms with E-state index in [1.807, 2.05) is 121 Å². The lowest BCUT2D eigenvalue weighted by atomic mass is 10.1. The number of hydrogen-bond donors (Lipinski definition) is 0. The van der Waals surface area contributed by atoms with E-state index < -0.39 is 0 Å². The van der Waals surface area contributed by atoms with Gasteiger partial charge in [0.1, 0.15) is 5.69 Å². The van der Waals surface area contributed by atoms with Gasteiger partial charge in [-0.25, -0.2) is 24.9 Å². The first-order valence-corrected chi connectivity index (χ1v) is 14.9. The topological polar surface area (TPSA) is 90.2 Å². The summed E-state index contributed by atoms with van der Waals surface area (Å²) in [6.07, 6.45) is 3.58. The van der Waals surface area contributed by atoms with Crippen LogP contribution in [0.1, 0.15) is 0 Å². The Labute approximate surface area is 265 Å². The van der Waals surface area contributed by atoms with E-state index in [0.29, 0.717) is 34.7 Å². The molecule has 8 rings (SSSR count). The maximum atomic E-state index is 4.99. The zero-order valence-corrected chi connectivity index (χ0v) is 24.6. The second kappa shape index (κ2) is 11.9. The van der Waals surface area contributed by atoms with Gasteiger partial charge in [-0.1, -0.05) is 103 Å². The highest BCUT2D eigenvalue weighted by Gasteiger charge is 2.17. The van der Waals surface area contributed by atoms with Crippen LogP contribution >= 0.6 is 0 Å². The molecule has 4 heterocycles. The van der Waals surface area contributed by atoms with Gasteiger partial charge >= 0.3 is 0 Å². The van der Waals surface area contributed by atoms with Crippen LogP contribution in [-0.4, -0.2) is 34.9 Å². The van der Waals surface area contributed by atoms with E-state index in [2.05, 4.69) is 29.2 Å². The molecule has 0 aliphatic heterocycles. The first-order valence-electron chi connectivity index (χ1n) is 14.9. The van der Waals surface area contributed by atoms with Crippen LogP contribution in [0, 0.1) is 0 Å². The summed E-state index contributed by atoms with van der Waals surface area (Å²) in [4.78, 5) is 33.9. The minimum absolute atomic E-state index is 0.455. The molecular weight excluding hydrogens is 566 g/mol. The molecule has 0 saturated heterocycles. The fourth-order valence-corrected chi connectivity index (χ4v) is 5.30. The van der Waals surface area contributed by atoms with Crippen LogP contribution in [0.2, 0.25) is 0 Å². The Hall–Kier alpha value is -6.47. The molecule has 46 heavy (non-hydrogen) atoms. The van der Waals surface area contributed by atoms with Gasteiger partial charge in [0, 0.05) is 34.6 Å². The van der Waals surface area contributed by atoms with E-state index in [1.165, 1.54) is 0 Å². The van der Waals surface area contributed by atoms with Crippen molar-refractivity contribution in [3.05, 3.63) is 152 Å². The Morgan fingerprint density at radius 3 is 1.59 bits per heavy atom. The molecule has 4 aromatic heterocycles. The quantitative estimate of drug-likeness (QED) is 0.191. The lowest BCUT2D eigenvalue weighted by Crippen LogP contribution is -2.03. The number of fused-ring (bicyclic) bond motifs is 1. The predicted octanol–water partition coefficient (Wildman–Crippen LogP) is 8.61. The lowest BCUT2D eigenvalue weighted by molar-refractivity contribution is 1.05. The van der Waals surface area contributed by atoms with Gasteiger partial charge in [0.15, 0.2) is 23.3 Å². The third-order valence-corrected chi connectivity index (χ3v) is 7.65. The van der Waals surface area contributed by atoms with E-state index in [9.17, 15) is 0 Å². The molecule has 0 fully saturated rings. The molecule has 0 amide bonds. The van der Waals surface area contributed by atoms with Gasteiger partial charge in [-0.2, -0.15) is 0 Å². The summed E-state index contributed by atoms with van der Waals surface area (Å²) in [5.74, 6) is 2.15. The summed E-state index contributed by atoms with van der Waals surface area (Å²) in [6.45, 7) is 0. The number of nitrogens with zero attached hydrogens (tertiary/aromatic N) is 7. The monoisotopic (exact) mass is 591 g/mol. The van der Waals surface area contributed by atoms with Crippen LogP contribution < -0.4 is 0 Å². The third kappa shape index (κ3) is 5.49. The second-order valence-electron chi connectivity index (χ2n) is 10.7. The van der Waals surface area contributed by atoms with Crippen molar-refractivity contribution in [3.63, 3.8) is 0 Å². The molecule has 7 heteroatoms. The molecule has 0 aliphatic rings. The van der Waals surface area contributed by atoms with Gasteiger partial charge in [-0.15, -0.1) is 0 Å². The summed E-state index contributed by atoms with van der Waals surface area (Å²) in [5.41, 5.74) is 6.39. The van der Waals surface area contributed by atoms with Crippen LogP contribution in [0.3, 0.4) is 0 Å². The van der Waals surface area contributed by atoms with Gasteiger partial charge in [0.05, 0.1) is 17.1 Å². The number of rotatable bonds is 6. The average molecular weight is 592 g/mol. The van der Waals surface area contributed by atoms with Crippen molar-refractivity contribution in [3.8, 4) is 68.3 Å². The number of benzene rings is 4.